The van der Waals surface area contributed by atoms with E-state index in [4.69, 9.17) is 9.47 Å². The summed E-state index contributed by atoms with van der Waals surface area (Å²) in [6, 6.07) is 4.20. The van der Waals surface area contributed by atoms with Crippen LogP contribution in [0.15, 0.2) is 16.6 Å². The summed E-state index contributed by atoms with van der Waals surface area (Å²) < 4.78 is 11.8. The molecular formula is C12H16BrNO2. The first-order chi connectivity index (χ1) is 7.76. The molecule has 1 aromatic carbocycles. The predicted molar refractivity (Wildman–Crippen MR) is 67.0 cm³/mol. The Labute approximate surface area is 104 Å². The monoisotopic (exact) mass is 285 g/mol. The van der Waals surface area contributed by atoms with Crippen LogP contribution in [0.25, 0.3) is 0 Å². The molecule has 1 aliphatic heterocycles. The minimum Gasteiger partial charge on any atom is -0.496 e. The molecule has 0 saturated heterocycles. The first-order valence-corrected chi connectivity index (χ1v) is 6.15. The molecule has 1 aliphatic rings. The fourth-order valence-electron chi connectivity index (χ4n) is 2.06. The van der Waals surface area contributed by atoms with Gasteiger partial charge in [-0.15, -0.1) is 0 Å². The van der Waals surface area contributed by atoms with Crippen LogP contribution in [0.4, 0.5) is 0 Å². The van der Waals surface area contributed by atoms with Crippen LogP contribution in [0.1, 0.15) is 17.2 Å². The normalized spacial score (nSPS) is 20.1. The second-order valence-corrected chi connectivity index (χ2v) is 4.72. The first kappa shape index (κ1) is 11.9. The van der Waals surface area contributed by atoms with E-state index in [1.807, 2.05) is 0 Å². The molecule has 0 amide bonds. The summed E-state index contributed by atoms with van der Waals surface area (Å²) in [5.74, 6) is 0.885. The lowest BCUT2D eigenvalue weighted by molar-refractivity contribution is 0.104. The van der Waals surface area contributed by atoms with Gasteiger partial charge in [0.2, 0.25) is 0 Å². The Morgan fingerprint density at radius 2 is 2.19 bits per heavy atom. The van der Waals surface area contributed by atoms with Crippen LogP contribution in [-0.4, -0.2) is 27.3 Å². The molecule has 4 heteroatoms. The van der Waals surface area contributed by atoms with Crippen molar-refractivity contribution in [1.29, 1.82) is 0 Å². The lowest BCUT2D eigenvalue weighted by Crippen LogP contribution is -2.21. The number of fused-ring (bicyclic) bond motifs is 1. The predicted octanol–water partition coefficient (Wildman–Crippen LogP) is 2.29. The van der Waals surface area contributed by atoms with Gasteiger partial charge in [-0.2, -0.15) is 0 Å². The summed E-state index contributed by atoms with van der Waals surface area (Å²) in [5.41, 5.74) is 2.55. The molecule has 1 aromatic rings. The van der Waals surface area contributed by atoms with Crippen molar-refractivity contribution in [3.8, 4) is 5.75 Å². The molecular weight excluding hydrogens is 270 g/mol. The number of halogens is 1. The second-order valence-electron chi connectivity index (χ2n) is 3.86. The van der Waals surface area contributed by atoms with Crippen molar-refractivity contribution in [3.05, 3.63) is 27.7 Å². The van der Waals surface area contributed by atoms with E-state index in [0.717, 1.165) is 29.7 Å². The van der Waals surface area contributed by atoms with Crippen LogP contribution in [0.3, 0.4) is 0 Å². The fourth-order valence-corrected chi connectivity index (χ4v) is 2.58. The molecule has 1 heterocycles. The SMILES string of the molecule is COc1cc2c(cc1Br)[C@@H](OC)CNCC2. The average molecular weight is 286 g/mol. The van der Waals surface area contributed by atoms with E-state index in [0.29, 0.717) is 0 Å². The van der Waals surface area contributed by atoms with Crippen molar-refractivity contribution in [2.24, 2.45) is 0 Å². The standard InChI is InChI=1S/C12H16BrNO2/c1-15-11-5-8-3-4-14-7-12(16-2)9(8)6-10(11)13/h5-6,12,14H,3-4,7H2,1-2H3/t12-/m0/s1. The lowest BCUT2D eigenvalue weighted by atomic mass is 10.0. The number of methoxy groups -OCH3 is 2. The van der Waals surface area contributed by atoms with E-state index in [1.165, 1.54) is 11.1 Å². The van der Waals surface area contributed by atoms with Gasteiger partial charge in [-0.05, 0) is 52.2 Å². The molecule has 2 rings (SSSR count). The third kappa shape index (κ3) is 2.24. The zero-order valence-corrected chi connectivity index (χ0v) is 11.1. The summed E-state index contributed by atoms with van der Waals surface area (Å²) in [6.45, 7) is 1.85. The molecule has 16 heavy (non-hydrogen) atoms. The Hall–Kier alpha value is -0.580. The molecule has 88 valence electrons. The zero-order chi connectivity index (χ0) is 11.5. The third-order valence-corrected chi connectivity index (χ3v) is 3.57. The molecule has 3 nitrogen and oxygen atoms in total. The Kier molecular flexibility index (Phi) is 3.84. The first-order valence-electron chi connectivity index (χ1n) is 5.36. The second kappa shape index (κ2) is 5.17. The van der Waals surface area contributed by atoms with E-state index in [1.54, 1.807) is 14.2 Å². The Bertz CT molecular complexity index is 382. The van der Waals surface area contributed by atoms with Gasteiger partial charge >= 0.3 is 0 Å². The highest BCUT2D eigenvalue weighted by atomic mass is 79.9. The van der Waals surface area contributed by atoms with Crippen molar-refractivity contribution < 1.29 is 9.47 Å². The Morgan fingerprint density at radius 1 is 1.38 bits per heavy atom. The highest BCUT2D eigenvalue weighted by Gasteiger charge is 2.19. The maximum atomic E-state index is 5.50. The van der Waals surface area contributed by atoms with Crippen LogP contribution in [0.5, 0.6) is 5.75 Å². The lowest BCUT2D eigenvalue weighted by Gasteiger charge is -2.17. The van der Waals surface area contributed by atoms with Gasteiger partial charge in [-0.1, -0.05) is 0 Å². The van der Waals surface area contributed by atoms with Gasteiger partial charge in [0.05, 0.1) is 17.7 Å². The Morgan fingerprint density at radius 3 is 2.88 bits per heavy atom. The molecule has 0 bridgehead atoms. The number of nitrogens with one attached hydrogen (secondary N) is 1. The fraction of sp³-hybridized carbons (Fsp3) is 0.500. The van der Waals surface area contributed by atoms with E-state index in [-0.39, 0.29) is 6.10 Å². The highest BCUT2D eigenvalue weighted by Crippen LogP contribution is 2.33. The van der Waals surface area contributed by atoms with Crippen molar-refractivity contribution in [2.45, 2.75) is 12.5 Å². The summed E-state index contributed by atoms with van der Waals surface area (Å²) in [7, 11) is 3.44. The van der Waals surface area contributed by atoms with Crippen LogP contribution in [0.2, 0.25) is 0 Å². The minimum absolute atomic E-state index is 0.125. The quantitative estimate of drug-likeness (QED) is 0.905. The maximum Gasteiger partial charge on any atom is 0.133 e. The van der Waals surface area contributed by atoms with Gasteiger partial charge in [0.15, 0.2) is 0 Å². The van der Waals surface area contributed by atoms with Crippen molar-refractivity contribution in [1.82, 2.24) is 5.32 Å². The minimum atomic E-state index is 0.125. The van der Waals surface area contributed by atoms with Gasteiger partial charge < -0.3 is 14.8 Å². The van der Waals surface area contributed by atoms with Crippen LogP contribution < -0.4 is 10.1 Å². The zero-order valence-electron chi connectivity index (χ0n) is 9.55. The number of benzene rings is 1. The van der Waals surface area contributed by atoms with Gasteiger partial charge in [0, 0.05) is 13.7 Å². The molecule has 0 spiro atoms. The molecule has 0 aromatic heterocycles. The van der Waals surface area contributed by atoms with E-state index >= 15 is 0 Å². The number of hydrogen-bond acceptors (Lipinski definition) is 3. The Balaban J connectivity index is 2.45. The average Bonchev–Trinajstić information content (AvgIpc) is 2.49. The summed E-state index contributed by atoms with van der Waals surface area (Å²) in [6.07, 6.45) is 1.14. The molecule has 1 N–H and O–H groups in total. The van der Waals surface area contributed by atoms with Gasteiger partial charge in [-0.25, -0.2) is 0 Å². The number of hydrogen-bond donors (Lipinski definition) is 1. The molecule has 0 aliphatic carbocycles. The molecule has 0 saturated carbocycles. The van der Waals surface area contributed by atoms with Crippen molar-refractivity contribution >= 4 is 15.9 Å². The topological polar surface area (TPSA) is 30.5 Å². The number of rotatable bonds is 2. The summed E-state index contributed by atoms with van der Waals surface area (Å²) in [5, 5.41) is 3.37. The van der Waals surface area contributed by atoms with Gasteiger partial charge in [-0.3, -0.25) is 0 Å². The maximum absolute atomic E-state index is 5.50. The van der Waals surface area contributed by atoms with Crippen molar-refractivity contribution in [2.75, 3.05) is 27.3 Å². The molecule has 1 atom stereocenters. The van der Waals surface area contributed by atoms with Gasteiger partial charge in [0.25, 0.3) is 0 Å². The molecule has 0 radical (unpaired) electrons. The number of ether oxygens (including phenoxy) is 2. The van der Waals surface area contributed by atoms with Crippen molar-refractivity contribution in [3.63, 3.8) is 0 Å². The molecule has 0 fully saturated rings. The van der Waals surface area contributed by atoms with Gasteiger partial charge in [0.1, 0.15) is 5.75 Å². The van der Waals surface area contributed by atoms with E-state index in [9.17, 15) is 0 Å². The highest BCUT2D eigenvalue weighted by molar-refractivity contribution is 9.10. The molecule has 0 unspecified atom stereocenters. The third-order valence-electron chi connectivity index (χ3n) is 2.95. The summed E-state index contributed by atoms with van der Waals surface area (Å²) >= 11 is 3.52. The largest absolute Gasteiger partial charge is 0.496 e. The van der Waals surface area contributed by atoms with Crippen LogP contribution in [0, 0.1) is 0 Å². The van der Waals surface area contributed by atoms with Crippen LogP contribution >= 0.6 is 15.9 Å². The smallest absolute Gasteiger partial charge is 0.133 e. The van der Waals surface area contributed by atoms with E-state index < -0.39 is 0 Å². The summed E-state index contributed by atoms with van der Waals surface area (Å²) in [4.78, 5) is 0. The van der Waals surface area contributed by atoms with E-state index in [2.05, 4.69) is 33.4 Å². The van der Waals surface area contributed by atoms with Crippen LogP contribution in [-0.2, 0) is 11.2 Å².